The maximum absolute atomic E-state index is 13.1. The van der Waals surface area contributed by atoms with E-state index in [9.17, 15) is 4.79 Å². The number of pyridine rings is 1. The van der Waals surface area contributed by atoms with Gasteiger partial charge in [-0.2, -0.15) is 0 Å². The van der Waals surface area contributed by atoms with Crippen LogP contribution >= 0.6 is 0 Å². The number of hydrogen-bond donors (Lipinski definition) is 0. The molecule has 3 aliphatic heterocycles. The second-order valence-corrected chi connectivity index (χ2v) is 7.85. The fourth-order valence-corrected chi connectivity index (χ4v) is 4.64. The smallest absolute Gasteiger partial charge is 0.272 e. The third-order valence-corrected chi connectivity index (χ3v) is 6.07. The average Bonchev–Trinajstić information content (AvgIpc) is 3.31. The molecule has 0 aliphatic carbocycles. The fraction of sp³-hybridized carbons (Fsp3) is 0.455. The molecule has 6 nitrogen and oxygen atoms in total. The maximum atomic E-state index is 13.1. The van der Waals surface area contributed by atoms with Gasteiger partial charge in [-0.05, 0) is 37.1 Å². The lowest BCUT2D eigenvalue weighted by Crippen LogP contribution is -2.47. The van der Waals surface area contributed by atoms with E-state index in [0.717, 1.165) is 24.9 Å². The number of anilines is 2. The predicted molar refractivity (Wildman–Crippen MR) is 106 cm³/mol. The summed E-state index contributed by atoms with van der Waals surface area (Å²) in [6, 6.07) is 12.7. The monoisotopic (exact) mass is 379 g/mol. The Morgan fingerprint density at radius 1 is 1.14 bits per heavy atom. The van der Waals surface area contributed by atoms with Gasteiger partial charge in [0.25, 0.3) is 5.91 Å². The number of aromatic nitrogens is 1. The van der Waals surface area contributed by atoms with Gasteiger partial charge in [0.1, 0.15) is 5.69 Å². The van der Waals surface area contributed by atoms with Crippen LogP contribution in [-0.4, -0.2) is 53.9 Å². The first-order chi connectivity index (χ1) is 13.7. The van der Waals surface area contributed by atoms with Gasteiger partial charge in [0.15, 0.2) is 5.79 Å². The van der Waals surface area contributed by atoms with Gasteiger partial charge in [-0.1, -0.05) is 18.2 Å². The molecule has 1 spiro atoms. The molecule has 5 rings (SSSR count). The summed E-state index contributed by atoms with van der Waals surface area (Å²) < 4.78 is 11.5. The molecule has 0 bridgehead atoms. The first-order valence-corrected chi connectivity index (χ1v) is 10.1. The van der Waals surface area contributed by atoms with Gasteiger partial charge in [0.05, 0.1) is 13.2 Å². The molecule has 0 saturated carbocycles. The Balaban J connectivity index is 1.36. The molecule has 0 N–H and O–H groups in total. The molecule has 3 aliphatic rings. The molecular formula is C22H25N3O3. The highest BCUT2D eigenvalue weighted by molar-refractivity contribution is 5.93. The van der Waals surface area contributed by atoms with Gasteiger partial charge >= 0.3 is 0 Å². The predicted octanol–water partition coefficient (Wildman–Crippen LogP) is 3.14. The number of benzene rings is 1. The van der Waals surface area contributed by atoms with Crippen molar-refractivity contribution in [1.82, 2.24) is 9.88 Å². The molecule has 1 amide bonds. The molecule has 28 heavy (non-hydrogen) atoms. The number of rotatable bonds is 2. The van der Waals surface area contributed by atoms with E-state index in [-0.39, 0.29) is 5.91 Å². The number of carbonyl (C=O) groups is 1. The highest BCUT2D eigenvalue weighted by Gasteiger charge is 2.41. The minimum atomic E-state index is -0.471. The van der Waals surface area contributed by atoms with Crippen molar-refractivity contribution >= 4 is 17.3 Å². The molecular weight excluding hydrogens is 354 g/mol. The van der Waals surface area contributed by atoms with E-state index in [1.165, 1.54) is 11.3 Å². The van der Waals surface area contributed by atoms with Gasteiger partial charge in [-0.15, -0.1) is 0 Å². The minimum Gasteiger partial charge on any atom is -0.347 e. The average molecular weight is 379 g/mol. The third-order valence-electron chi connectivity index (χ3n) is 6.07. The summed E-state index contributed by atoms with van der Waals surface area (Å²) in [5.41, 5.74) is 4.08. The van der Waals surface area contributed by atoms with E-state index in [1.54, 1.807) is 6.20 Å². The van der Waals surface area contributed by atoms with Crippen molar-refractivity contribution in [2.75, 3.05) is 31.2 Å². The Bertz CT molecular complexity index is 884. The van der Waals surface area contributed by atoms with E-state index in [4.69, 9.17) is 9.47 Å². The van der Waals surface area contributed by atoms with Crippen LogP contribution in [0.15, 0.2) is 42.6 Å². The van der Waals surface area contributed by atoms with Crippen LogP contribution in [0.5, 0.6) is 0 Å². The summed E-state index contributed by atoms with van der Waals surface area (Å²) in [6.45, 7) is 4.77. The molecule has 1 aromatic heterocycles. The van der Waals surface area contributed by atoms with Crippen LogP contribution in [0.3, 0.4) is 0 Å². The zero-order valence-corrected chi connectivity index (χ0v) is 16.1. The molecule has 1 atom stereocenters. The van der Waals surface area contributed by atoms with Crippen LogP contribution in [0.1, 0.15) is 35.8 Å². The molecule has 4 heterocycles. The summed E-state index contributed by atoms with van der Waals surface area (Å²) in [7, 11) is 0. The number of para-hydroxylation sites is 1. The van der Waals surface area contributed by atoms with Crippen molar-refractivity contribution in [1.29, 1.82) is 0 Å². The van der Waals surface area contributed by atoms with Crippen molar-refractivity contribution in [2.24, 2.45) is 0 Å². The summed E-state index contributed by atoms with van der Waals surface area (Å²) in [6.07, 6.45) is 4.19. The summed E-state index contributed by atoms with van der Waals surface area (Å²) in [4.78, 5) is 21.6. The minimum absolute atomic E-state index is 0.0187. The maximum Gasteiger partial charge on any atom is 0.272 e. The Morgan fingerprint density at radius 2 is 1.89 bits per heavy atom. The van der Waals surface area contributed by atoms with Crippen LogP contribution in [-0.2, 0) is 15.9 Å². The Labute approximate surface area is 165 Å². The van der Waals surface area contributed by atoms with Gasteiger partial charge in [0, 0.05) is 49.5 Å². The van der Waals surface area contributed by atoms with Crippen LogP contribution in [0.2, 0.25) is 0 Å². The van der Waals surface area contributed by atoms with E-state index < -0.39 is 5.79 Å². The highest BCUT2D eigenvalue weighted by atomic mass is 16.7. The van der Waals surface area contributed by atoms with E-state index in [0.29, 0.717) is 38.0 Å². The Hall–Kier alpha value is -2.44. The van der Waals surface area contributed by atoms with Crippen molar-refractivity contribution in [3.05, 3.63) is 53.9 Å². The number of likely N-dealkylation sites (tertiary alicyclic amines) is 1. The first-order valence-electron chi connectivity index (χ1n) is 10.1. The van der Waals surface area contributed by atoms with Crippen molar-refractivity contribution in [3.63, 3.8) is 0 Å². The van der Waals surface area contributed by atoms with Crippen molar-refractivity contribution in [3.8, 4) is 0 Å². The second-order valence-electron chi connectivity index (χ2n) is 7.85. The molecule has 0 radical (unpaired) electrons. The molecule has 1 unspecified atom stereocenters. The zero-order chi connectivity index (χ0) is 19.1. The normalized spacial score (nSPS) is 23.2. The van der Waals surface area contributed by atoms with Crippen LogP contribution in [0, 0.1) is 0 Å². The third kappa shape index (κ3) is 2.97. The zero-order valence-electron chi connectivity index (χ0n) is 16.1. The molecule has 2 saturated heterocycles. The molecule has 6 heteroatoms. The van der Waals surface area contributed by atoms with E-state index in [2.05, 4.69) is 41.1 Å². The van der Waals surface area contributed by atoms with Gasteiger partial charge < -0.3 is 19.3 Å². The van der Waals surface area contributed by atoms with Crippen molar-refractivity contribution in [2.45, 2.75) is 38.0 Å². The number of nitrogens with zero attached hydrogens (tertiary/aromatic N) is 3. The number of amides is 1. The number of carbonyl (C=O) groups excluding carboxylic acids is 1. The van der Waals surface area contributed by atoms with Crippen LogP contribution < -0.4 is 4.90 Å². The standard InChI is InChI=1S/C22H25N3O3/c1-16-14-17-4-2-3-5-20(17)25(16)18-6-9-23-19(15-18)21(26)24-10-7-22(8-11-24)27-12-13-28-22/h2-6,9,15-16H,7-8,10-14H2,1H3. The van der Waals surface area contributed by atoms with Crippen LogP contribution in [0.4, 0.5) is 11.4 Å². The largest absolute Gasteiger partial charge is 0.347 e. The van der Waals surface area contributed by atoms with Gasteiger partial charge in [0.2, 0.25) is 0 Å². The lowest BCUT2D eigenvalue weighted by Gasteiger charge is -2.37. The second kappa shape index (κ2) is 6.87. The van der Waals surface area contributed by atoms with E-state index >= 15 is 0 Å². The fourth-order valence-electron chi connectivity index (χ4n) is 4.64. The number of ether oxygens (including phenoxy) is 2. The first kappa shape index (κ1) is 17.6. The molecule has 146 valence electrons. The quantitative estimate of drug-likeness (QED) is 0.802. The van der Waals surface area contributed by atoms with Crippen LogP contribution in [0.25, 0.3) is 0 Å². The van der Waals surface area contributed by atoms with Gasteiger partial charge in [-0.3, -0.25) is 9.78 Å². The SMILES string of the molecule is CC1Cc2ccccc2N1c1ccnc(C(=O)N2CCC3(CC2)OCCO3)c1. The lowest BCUT2D eigenvalue weighted by atomic mass is 10.0. The number of piperidine rings is 1. The molecule has 2 fully saturated rings. The number of fused-ring (bicyclic) bond motifs is 1. The summed E-state index contributed by atoms with van der Waals surface area (Å²) in [5.74, 6) is -0.490. The number of hydrogen-bond acceptors (Lipinski definition) is 5. The Morgan fingerprint density at radius 3 is 2.68 bits per heavy atom. The summed E-state index contributed by atoms with van der Waals surface area (Å²) in [5, 5.41) is 0. The van der Waals surface area contributed by atoms with Crippen molar-refractivity contribution < 1.29 is 14.3 Å². The van der Waals surface area contributed by atoms with Gasteiger partial charge in [-0.25, -0.2) is 0 Å². The molecule has 1 aromatic carbocycles. The topological polar surface area (TPSA) is 54.9 Å². The highest BCUT2D eigenvalue weighted by Crippen LogP contribution is 2.38. The summed E-state index contributed by atoms with van der Waals surface area (Å²) >= 11 is 0. The lowest BCUT2D eigenvalue weighted by molar-refractivity contribution is -0.181. The van der Waals surface area contributed by atoms with E-state index in [1.807, 2.05) is 17.0 Å². The Kier molecular flexibility index (Phi) is 4.33. The molecule has 2 aromatic rings.